The zero-order valence-corrected chi connectivity index (χ0v) is 7.48. The molecule has 1 heterocycles. The van der Waals surface area contributed by atoms with Gasteiger partial charge in [0, 0.05) is 5.54 Å². The van der Waals surface area contributed by atoms with Gasteiger partial charge in [0.2, 0.25) is 0 Å². The summed E-state index contributed by atoms with van der Waals surface area (Å²) in [4.78, 5) is 2.53. The van der Waals surface area contributed by atoms with Gasteiger partial charge in [-0.05, 0) is 39.3 Å². The average Bonchev–Trinajstić information content (AvgIpc) is 2.32. The van der Waals surface area contributed by atoms with Crippen molar-refractivity contribution < 1.29 is 0 Å². The maximum atomic E-state index is 2.53. The van der Waals surface area contributed by atoms with E-state index in [2.05, 4.69) is 25.8 Å². The van der Waals surface area contributed by atoms with Crippen LogP contribution in [0.3, 0.4) is 0 Å². The number of nitrogens with zero attached hydrogens (tertiary/aromatic N) is 1. The lowest BCUT2D eigenvalue weighted by atomic mass is 9.90. The molecule has 0 aromatic heterocycles. The van der Waals surface area contributed by atoms with E-state index in [9.17, 15) is 0 Å². The summed E-state index contributed by atoms with van der Waals surface area (Å²) in [6.45, 7) is 5.93. The molecular weight excluding hydrogens is 122 g/mol. The van der Waals surface area contributed by atoms with Crippen LogP contribution in [0.5, 0.6) is 0 Å². The van der Waals surface area contributed by atoms with E-state index in [1.165, 1.54) is 32.2 Å². The Morgan fingerprint density at radius 1 is 1.30 bits per heavy atom. The van der Waals surface area contributed by atoms with Crippen LogP contribution in [0.4, 0.5) is 0 Å². The Morgan fingerprint density at radius 3 is 2.10 bits per heavy atom. The number of rotatable bonds is 2. The highest BCUT2D eigenvalue weighted by Gasteiger charge is 2.34. The van der Waals surface area contributed by atoms with Crippen molar-refractivity contribution in [2.45, 2.75) is 45.1 Å². The van der Waals surface area contributed by atoms with E-state index < -0.39 is 0 Å². The Labute approximate surface area is 64.4 Å². The zero-order chi connectivity index (χ0) is 7.61. The van der Waals surface area contributed by atoms with Crippen molar-refractivity contribution in [3.63, 3.8) is 0 Å². The minimum absolute atomic E-state index is 0.569. The fourth-order valence-corrected chi connectivity index (χ4v) is 2.22. The molecule has 1 saturated heterocycles. The maximum absolute atomic E-state index is 2.53. The van der Waals surface area contributed by atoms with Crippen molar-refractivity contribution in [2.24, 2.45) is 0 Å². The lowest BCUT2D eigenvalue weighted by Gasteiger charge is -2.34. The molecule has 10 heavy (non-hydrogen) atoms. The second kappa shape index (κ2) is 2.91. The predicted molar refractivity (Wildman–Crippen MR) is 45.2 cm³/mol. The molecule has 0 unspecified atom stereocenters. The first-order valence-electron chi connectivity index (χ1n) is 4.46. The van der Waals surface area contributed by atoms with Crippen LogP contribution in [0.2, 0.25) is 0 Å². The van der Waals surface area contributed by atoms with Gasteiger partial charge in [-0.2, -0.15) is 0 Å². The molecular formula is C9H19N. The number of hydrogen-bond acceptors (Lipinski definition) is 1. The van der Waals surface area contributed by atoms with E-state index in [0.29, 0.717) is 5.54 Å². The first-order chi connectivity index (χ1) is 4.75. The smallest absolute Gasteiger partial charge is 0.0201 e. The van der Waals surface area contributed by atoms with Gasteiger partial charge in [0.1, 0.15) is 0 Å². The second-order valence-electron chi connectivity index (χ2n) is 3.46. The summed E-state index contributed by atoms with van der Waals surface area (Å²) in [7, 11) is 2.26. The molecule has 0 amide bonds. The maximum Gasteiger partial charge on any atom is 0.0201 e. The summed E-state index contributed by atoms with van der Waals surface area (Å²) in [5.41, 5.74) is 0.569. The molecule has 0 aromatic carbocycles. The molecule has 0 radical (unpaired) electrons. The fraction of sp³-hybridized carbons (Fsp3) is 1.00. The molecule has 60 valence electrons. The normalized spacial score (nSPS) is 25.5. The van der Waals surface area contributed by atoms with Crippen LogP contribution < -0.4 is 0 Å². The largest absolute Gasteiger partial charge is 0.301 e. The van der Waals surface area contributed by atoms with Gasteiger partial charge in [0.05, 0.1) is 0 Å². The first-order valence-corrected chi connectivity index (χ1v) is 4.46. The van der Waals surface area contributed by atoms with Gasteiger partial charge in [-0.25, -0.2) is 0 Å². The Hall–Kier alpha value is -0.0400. The van der Waals surface area contributed by atoms with Crippen LogP contribution in [-0.2, 0) is 0 Å². The molecule has 1 aliphatic rings. The summed E-state index contributed by atoms with van der Waals surface area (Å²) >= 11 is 0. The molecule has 0 aliphatic carbocycles. The predicted octanol–water partition coefficient (Wildman–Crippen LogP) is 2.27. The van der Waals surface area contributed by atoms with Crippen LogP contribution >= 0.6 is 0 Å². The molecule has 0 N–H and O–H groups in total. The van der Waals surface area contributed by atoms with Gasteiger partial charge < -0.3 is 4.90 Å². The molecule has 1 rings (SSSR count). The molecule has 0 spiro atoms. The van der Waals surface area contributed by atoms with Gasteiger partial charge >= 0.3 is 0 Å². The second-order valence-corrected chi connectivity index (χ2v) is 3.46. The van der Waals surface area contributed by atoms with Gasteiger partial charge in [-0.1, -0.05) is 13.8 Å². The van der Waals surface area contributed by atoms with Gasteiger partial charge in [0.15, 0.2) is 0 Å². The number of hydrogen-bond donors (Lipinski definition) is 0. The number of likely N-dealkylation sites (tertiary alicyclic amines) is 1. The van der Waals surface area contributed by atoms with Crippen LogP contribution in [-0.4, -0.2) is 24.0 Å². The van der Waals surface area contributed by atoms with Crippen molar-refractivity contribution in [3.05, 3.63) is 0 Å². The molecule has 0 aromatic rings. The molecule has 0 atom stereocenters. The van der Waals surface area contributed by atoms with E-state index >= 15 is 0 Å². The third-order valence-electron chi connectivity index (χ3n) is 3.26. The third-order valence-corrected chi connectivity index (χ3v) is 3.26. The molecule has 1 fully saturated rings. The molecule has 0 saturated carbocycles. The summed E-state index contributed by atoms with van der Waals surface area (Å²) < 4.78 is 0. The summed E-state index contributed by atoms with van der Waals surface area (Å²) in [6, 6.07) is 0. The Kier molecular flexibility index (Phi) is 2.35. The first kappa shape index (κ1) is 8.06. The molecule has 1 heteroatoms. The summed E-state index contributed by atoms with van der Waals surface area (Å²) in [6.07, 6.45) is 5.45. The zero-order valence-electron chi connectivity index (χ0n) is 7.48. The standard InChI is InChI=1S/C9H19N/c1-4-9(5-2)7-6-8-10(9)3/h4-8H2,1-3H3. The lowest BCUT2D eigenvalue weighted by Crippen LogP contribution is -2.39. The topological polar surface area (TPSA) is 3.24 Å². The van der Waals surface area contributed by atoms with Gasteiger partial charge in [0.25, 0.3) is 0 Å². The third kappa shape index (κ3) is 1.07. The van der Waals surface area contributed by atoms with Crippen molar-refractivity contribution in [2.75, 3.05) is 13.6 Å². The Balaban J connectivity index is 2.61. The van der Waals surface area contributed by atoms with Crippen molar-refractivity contribution in [1.29, 1.82) is 0 Å². The van der Waals surface area contributed by atoms with E-state index in [4.69, 9.17) is 0 Å². The van der Waals surface area contributed by atoms with Crippen molar-refractivity contribution in [3.8, 4) is 0 Å². The minimum Gasteiger partial charge on any atom is -0.301 e. The Morgan fingerprint density at radius 2 is 1.90 bits per heavy atom. The quantitative estimate of drug-likeness (QED) is 0.570. The van der Waals surface area contributed by atoms with Crippen LogP contribution in [0.15, 0.2) is 0 Å². The van der Waals surface area contributed by atoms with E-state index in [1.54, 1.807) is 0 Å². The van der Waals surface area contributed by atoms with E-state index in [0.717, 1.165) is 0 Å². The fourth-order valence-electron chi connectivity index (χ4n) is 2.22. The van der Waals surface area contributed by atoms with Gasteiger partial charge in [-0.3, -0.25) is 0 Å². The minimum atomic E-state index is 0.569. The highest BCUT2D eigenvalue weighted by Crippen LogP contribution is 2.33. The van der Waals surface area contributed by atoms with Crippen LogP contribution in [0.1, 0.15) is 39.5 Å². The van der Waals surface area contributed by atoms with E-state index in [-0.39, 0.29) is 0 Å². The highest BCUT2D eigenvalue weighted by atomic mass is 15.2. The van der Waals surface area contributed by atoms with Crippen LogP contribution in [0, 0.1) is 0 Å². The monoisotopic (exact) mass is 141 g/mol. The molecule has 1 aliphatic heterocycles. The van der Waals surface area contributed by atoms with E-state index in [1.807, 2.05) is 0 Å². The molecule has 0 bridgehead atoms. The average molecular weight is 141 g/mol. The van der Waals surface area contributed by atoms with Crippen molar-refractivity contribution >= 4 is 0 Å². The SMILES string of the molecule is CCC1(CC)CCCN1C. The van der Waals surface area contributed by atoms with Crippen molar-refractivity contribution in [1.82, 2.24) is 4.90 Å². The summed E-state index contributed by atoms with van der Waals surface area (Å²) in [5, 5.41) is 0. The molecule has 1 nitrogen and oxygen atoms in total. The van der Waals surface area contributed by atoms with Gasteiger partial charge in [-0.15, -0.1) is 0 Å². The highest BCUT2D eigenvalue weighted by molar-refractivity contribution is 4.91. The van der Waals surface area contributed by atoms with Crippen LogP contribution in [0.25, 0.3) is 0 Å². The Bertz CT molecular complexity index is 105. The summed E-state index contributed by atoms with van der Waals surface area (Å²) in [5.74, 6) is 0. The lowest BCUT2D eigenvalue weighted by molar-refractivity contribution is 0.161.